The summed E-state index contributed by atoms with van der Waals surface area (Å²) in [5.41, 5.74) is 0.551. The van der Waals surface area contributed by atoms with Gasteiger partial charge in [0.05, 0.1) is 24.3 Å². The molecule has 19 heavy (non-hydrogen) atoms. The van der Waals surface area contributed by atoms with Gasteiger partial charge in [-0.05, 0) is 32.9 Å². The van der Waals surface area contributed by atoms with Crippen molar-refractivity contribution in [1.29, 1.82) is 0 Å². The van der Waals surface area contributed by atoms with Crippen LogP contribution in [0.3, 0.4) is 0 Å². The van der Waals surface area contributed by atoms with Crippen molar-refractivity contribution in [3.63, 3.8) is 0 Å². The molecule has 0 saturated carbocycles. The SMILES string of the molecule is CC(C)(C)NCC(=O)NCc1cc(C(=O)O)ccn1. The Balaban J connectivity index is 2.46. The number of carboxylic acids is 1. The highest BCUT2D eigenvalue weighted by Gasteiger charge is 2.11. The molecule has 0 aliphatic rings. The number of nitrogens with zero attached hydrogens (tertiary/aromatic N) is 1. The molecule has 6 nitrogen and oxygen atoms in total. The third-order valence-electron chi connectivity index (χ3n) is 2.31. The summed E-state index contributed by atoms with van der Waals surface area (Å²) in [6.45, 7) is 6.34. The van der Waals surface area contributed by atoms with Crippen molar-refractivity contribution in [2.75, 3.05) is 6.54 Å². The molecule has 0 aromatic carbocycles. The number of carboxylic acid groups (broad SMARTS) is 1. The van der Waals surface area contributed by atoms with Crippen LogP contribution >= 0.6 is 0 Å². The number of rotatable bonds is 5. The van der Waals surface area contributed by atoms with Gasteiger partial charge in [-0.2, -0.15) is 0 Å². The van der Waals surface area contributed by atoms with Crippen molar-refractivity contribution < 1.29 is 14.7 Å². The summed E-state index contributed by atoms with van der Waals surface area (Å²) in [5.74, 6) is -1.16. The van der Waals surface area contributed by atoms with E-state index in [2.05, 4.69) is 15.6 Å². The molecule has 0 fully saturated rings. The van der Waals surface area contributed by atoms with E-state index in [1.807, 2.05) is 20.8 Å². The van der Waals surface area contributed by atoms with Crippen molar-refractivity contribution in [2.24, 2.45) is 0 Å². The number of nitrogens with one attached hydrogen (secondary N) is 2. The van der Waals surface area contributed by atoms with Gasteiger partial charge in [0, 0.05) is 11.7 Å². The summed E-state index contributed by atoms with van der Waals surface area (Å²) in [4.78, 5) is 26.3. The molecule has 0 atom stereocenters. The Labute approximate surface area is 112 Å². The van der Waals surface area contributed by atoms with Gasteiger partial charge in [-0.1, -0.05) is 0 Å². The largest absolute Gasteiger partial charge is 0.478 e. The first kappa shape index (κ1) is 15.1. The van der Waals surface area contributed by atoms with Gasteiger partial charge in [0.2, 0.25) is 5.91 Å². The molecule has 0 spiro atoms. The highest BCUT2D eigenvalue weighted by Crippen LogP contribution is 2.01. The van der Waals surface area contributed by atoms with Crippen LogP contribution in [0.1, 0.15) is 36.8 Å². The monoisotopic (exact) mass is 265 g/mol. The Kier molecular flexibility index (Phi) is 5.00. The molecular formula is C13H19N3O3. The summed E-state index contributed by atoms with van der Waals surface area (Å²) >= 11 is 0. The van der Waals surface area contributed by atoms with Crippen LogP contribution in [-0.2, 0) is 11.3 Å². The Hall–Kier alpha value is -1.95. The molecule has 6 heteroatoms. The Morgan fingerprint density at radius 2 is 2.05 bits per heavy atom. The van der Waals surface area contributed by atoms with Crippen LogP contribution in [0.25, 0.3) is 0 Å². The Morgan fingerprint density at radius 3 is 2.63 bits per heavy atom. The van der Waals surface area contributed by atoms with Crippen molar-refractivity contribution in [3.05, 3.63) is 29.6 Å². The van der Waals surface area contributed by atoms with E-state index in [9.17, 15) is 9.59 Å². The maximum atomic E-state index is 11.6. The van der Waals surface area contributed by atoms with Crippen molar-refractivity contribution in [3.8, 4) is 0 Å². The molecule has 0 aliphatic carbocycles. The van der Waals surface area contributed by atoms with Crippen LogP contribution in [0.5, 0.6) is 0 Å². The maximum absolute atomic E-state index is 11.6. The first-order valence-corrected chi connectivity index (χ1v) is 5.98. The van der Waals surface area contributed by atoms with Gasteiger partial charge in [-0.25, -0.2) is 4.79 Å². The predicted octanol–water partition coefficient (Wildman–Crippen LogP) is 0.784. The zero-order valence-electron chi connectivity index (χ0n) is 11.4. The lowest BCUT2D eigenvalue weighted by atomic mass is 10.1. The number of amides is 1. The van der Waals surface area contributed by atoms with Crippen LogP contribution in [0.15, 0.2) is 18.3 Å². The van der Waals surface area contributed by atoms with E-state index < -0.39 is 5.97 Å². The van der Waals surface area contributed by atoms with E-state index >= 15 is 0 Å². The number of pyridine rings is 1. The standard InChI is InChI=1S/C13H19N3O3/c1-13(2,3)16-8-11(17)15-7-10-6-9(12(18)19)4-5-14-10/h4-6,16H,7-8H2,1-3H3,(H,15,17)(H,18,19). The zero-order valence-corrected chi connectivity index (χ0v) is 11.4. The highest BCUT2D eigenvalue weighted by atomic mass is 16.4. The average Bonchev–Trinajstić information content (AvgIpc) is 2.33. The highest BCUT2D eigenvalue weighted by molar-refractivity contribution is 5.87. The fraction of sp³-hybridized carbons (Fsp3) is 0.462. The molecular weight excluding hydrogens is 246 g/mol. The van der Waals surface area contributed by atoms with E-state index in [-0.39, 0.29) is 30.1 Å². The summed E-state index contributed by atoms with van der Waals surface area (Å²) in [6, 6.07) is 2.86. The number of hydrogen-bond acceptors (Lipinski definition) is 4. The second-order valence-corrected chi connectivity index (χ2v) is 5.22. The smallest absolute Gasteiger partial charge is 0.335 e. The van der Waals surface area contributed by atoms with Gasteiger partial charge in [0.1, 0.15) is 0 Å². The number of aromatic nitrogens is 1. The lowest BCUT2D eigenvalue weighted by Gasteiger charge is -2.19. The van der Waals surface area contributed by atoms with Crippen LogP contribution in [0, 0.1) is 0 Å². The minimum atomic E-state index is -1.01. The summed E-state index contributed by atoms with van der Waals surface area (Å²) in [7, 11) is 0. The van der Waals surface area contributed by atoms with E-state index in [1.165, 1.54) is 18.3 Å². The molecule has 0 aliphatic heterocycles. The number of hydrogen-bond donors (Lipinski definition) is 3. The molecule has 104 valence electrons. The fourth-order valence-corrected chi connectivity index (χ4v) is 1.30. The second-order valence-electron chi connectivity index (χ2n) is 5.22. The molecule has 0 unspecified atom stereocenters. The van der Waals surface area contributed by atoms with Gasteiger partial charge < -0.3 is 15.7 Å². The molecule has 1 heterocycles. The molecule has 1 aromatic rings. The Bertz CT molecular complexity index is 466. The van der Waals surface area contributed by atoms with Gasteiger partial charge in [0.25, 0.3) is 0 Å². The molecule has 0 bridgehead atoms. The fourth-order valence-electron chi connectivity index (χ4n) is 1.30. The number of carbonyl (C=O) groups excluding carboxylic acids is 1. The summed E-state index contributed by atoms with van der Waals surface area (Å²) < 4.78 is 0. The lowest BCUT2D eigenvalue weighted by Crippen LogP contribution is -2.43. The van der Waals surface area contributed by atoms with Crippen LogP contribution in [0.4, 0.5) is 0 Å². The minimum absolute atomic E-state index is 0.126. The Morgan fingerprint density at radius 1 is 1.37 bits per heavy atom. The topological polar surface area (TPSA) is 91.3 Å². The van der Waals surface area contributed by atoms with E-state index in [0.29, 0.717) is 5.69 Å². The first-order chi connectivity index (χ1) is 8.78. The molecule has 0 saturated heterocycles. The van der Waals surface area contributed by atoms with Crippen LogP contribution in [-0.4, -0.2) is 34.1 Å². The molecule has 0 radical (unpaired) electrons. The van der Waals surface area contributed by atoms with Gasteiger partial charge >= 0.3 is 5.97 Å². The third kappa shape index (κ3) is 5.96. The molecule has 1 amide bonds. The van der Waals surface area contributed by atoms with Gasteiger partial charge in [-0.15, -0.1) is 0 Å². The maximum Gasteiger partial charge on any atom is 0.335 e. The van der Waals surface area contributed by atoms with Crippen molar-refractivity contribution in [1.82, 2.24) is 15.6 Å². The molecule has 3 N–H and O–H groups in total. The quantitative estimate of drug-likeness (QED) is 0.732. The second kappa shape index (κ2) is 6.29. The molecule has 1 aromatic heterocycles. The van der Waals surface area contributed by atoms with Crippen LogP contribution < -0.4 is 10.6 Å². The van der Waals surface area contributed by atoms with E-state index in [4.69, 9.17) is 5.11 Å². The number of carbonyl (C=O) groups is 2. The first-order valence-electron chi connectivity index (χ1n) is 5.98. The summed E-state index contributed by atoms with van der Waals surface area (Å²) in [6.07, 6.45) is 1.42. The normalized spacial score (nSPS) is 11.1. The van der Waals surface area contributed by atoms with Crippen LogP contribution in [0.2, 0.25) is 0 Å². The van der Waals surface area contributed by atoms with E-state index in [0.717, 1.165) is 0 Å². The lowest BCUT2D eigenvalue weighted by molar-refractivity contribution is -0.120. The number of aromatic carboxylic acids is 1. The zero-order chi connectivity index (χ0) is 14.5. The van der Waals surface area contributed by atoms with E-state index in [1.54, 1.807) is 0 Å². The van der Waals surface area contributed by atoms with Gasteiger partial charge in [0.15, 0.2) is 0 Å². The summed E-state index contributed by atoms with van der Waals surface area (Å²) in [5, 5.41) is 14.6. The third-order valence-corrected chi connectivity index (χ3v) is 2.31. The minimum Gasteiger partial charge on any atom is -0.478 e. The van der Waals surface area contributed by atoms with Gasteiger partial charge in [-0.3, -0.25) is 9.78 Å². The molecule has 1 rings (SSSR count). The van der Waals surface area contributed by atoms with Crippen molar-refractivity contribution in [2.45, 2.75) is 32.9 Å². The predicted molar refractivity (Wildman–Crippen MR) is 70.8 cm³/mol. The average molecular weight is 265 g/mol. The van der Waals surface area contributed by atoms with Crippen molar-refractivity contribution >= 4 is 11.9 Å².